The summed E-state index contributed by atoms with van der Waals surface area (Å²) < 4.78 is 0. The van der Waals surface area contributed by atoms with Gasteiger partial charge in [-0.05, 0) is 30.2 Å². The van der Waals surface area contributed by atoms with Crippen molar-refractivity contribution >= 4 is 22.9 Å². The van der Waals surface area contributed by atoms with Gasteiger partial charge in [-0.2, -0.15) is 0 Å². The minimum atomic E-state index is 0.0746. The normalized spacial score (nSPS) is 13.6. The van der Waals surface area contributed by atoms with Gasteiger partial charge in [-0.3, -0.25) is 4.79 Å². The van der Waals surface area contributed by atoms with Crippen LogP contribution in [0.3, 0.4) is 0 Å². The quantitative estimate of drug-likeness (QED) is 0.882. The zero-order valence-corrected chi connectivity index (χ0v) is 10.3. The van der Waals surface area contributed by atoms with Crippen LogP contribution in [-0.2, 0) is 17.6 Å². The fourth-order valence-corrected chi connectivity index (χ4v) is 2.82. The Hall–Kier alpha value is -1.68. The van der Waals surface area contributed by atoms with Crippen LogP contribution in [0.4, 0.5) is 5.69 Å². The number of nitrogens with one attached hydrogen (secondary N) is 1. The van der Waals surface area contributed by atoms with Crippen molar-refractivity contribution < 1.29 is 4.79 Å². The summed E-state index contributed by atoms with van der Waals surface area (Å²) in [4.78, 5) is 17.0. The molecule has 0 bridgehead atoms. The van der Waals surface area contributed by atoms with Crippen LogP contribution < -0.4 is 5.32 Å². The lowest BCUT2D eigenvalue weighted by atomic mass is 10.1. The maximum absolute atomic E-state index is 11.3. The predicted molar refractivity (Wildman–Crippen MR) is 69.3 cm³/mol. The number of anilines is 1. The SMILES string of the molecule is CCc1cnc(-c2ccc3c(c2)CC(=O)N3)s1. The molecule has 0 fully saturated rings. The van der Waals surface area contributed by atoms with Gasteiger partial charge in [0.2, 0.25) is 5.91 Å². The number of amides is 1. The number of rotatable bonds is 2. The highest BCUT2D eigenvalue weighted by Gasteiger charge is 2.18. The Bertz CT molecular complexity index is 589. The van der Waals surface area contributed by atoms with Gasteiger partial charge in [0.25, 0.3) is 0 Å². The van der Waals surface area contributed by atoms with Crippen LogP contribution in [0, 0.1) is 0 Å². The van der Waals surface area contributed by atoms with Crippen LogP contribution in [0.25, 0.3) is 10.6 Å². The van der Waals surface area contributed by atoms with Crippen LogP contribution >= 0.6 is 11.3 Å². The molecular formula is C13H12N2OS. The molecule has 0 saturated carbocycles. The number of carbonyl (C=O) groups is 1. The van der Waals surface area contributed by atoms with Gasteiger partial charge in [-0.25, -0.2) is 4.98 Å². The van der Waals surface area contributed by atoms with E-state index in [9.17, 15) is 4.79 Å². The van der Waals surface area contributed by atoms with Crippen molar-refractivity contribution in [3.8, 4) is 10.6 Å². The first-order valence-electron chi connectivity index (χ1n) is 5.64. The van der Waals surface area contributed by atoms with Crippen molar-refractivity contribution in [2.24, 2.45) is 0 Å². The Morgan fingerprint density at radius 1 is 1.47 bits per heavy atom. The molecule has 4 heteroatoms. The molecule has 1 amide bonds. The second-order valence-corrected chi connectivity index (χ2v) is 5.20. The number of aromatic nitrogens is 1. The predicted octanol–water partition coefficient (Wildman–Crippen LogP) is 2.87. The molecule has 0 atom stereocenters. The Balaban J connectivity index is 1.99. The van der Waals surface area contributed by atoms with Gasteiger partial charge >= 0.3 is 0 Å². The highest BCUT2D eigenvalue weighted by Crippen LogP contribution is 2.31. The lowest BCUT2D eigenvalue weighted by Gasteiger charge is -2.00. The number of hydrogen-bond acceptors (Lipinski definition) is 3. The number of fused-ring (bicyclic) bond motifs is 1. The summed E-state index contributed by atoms with van der Waals surface area (Å²) in [5.74, 6) is 0.0746. The van der Waals surface area contributed by atoms with Gasteiger partial charge in [0.1, 0.15) is 5.01 Å². The Kier molecular flexibility index (Phi) is 2.44. The molecule has 0 spiro atoms. The second kappa shape index (κ2) is 3.96. The lowest BCUT2D eigenvalue weighted by Crippen LogP contribution is -2.03. The third-order valence-corrected chi connectivity index (χ3v) is 4.07. The second-order valence-electron chi connectivity index (χ2n) is 4.08. The number of hydrogen-bond donors (Lipinski definition) is 1. The van der Waals surface area contributed by atoms with Crippen molar-refractivity contribution in [3.05, 3.63) is 34.8 Å². The molecule has 2 aromatic rings. The minimum Gasteiger partial charge on any atom is -0.326 e. The van der Waals surface area contributed by atoms with E-state index in [2.05, 4.69) is 23.3 Å². The summed E-state index contributed by atoms with van der Waals surface area (Å²) in [5.41, 5.74) is 3.11. The average molecular weight is 244 g/mol. The molecule has 86 valence electrons. The van der Waals surface area contributed by atoms with Crippen LogP contribution in [0.1, 0.15) is 17.4 Å². The van der Waals surface area contributed by atoms with Crippen LogP contribution in [0.15, 0.2) is 24.4 Å². The standard InChI is InChI=1S/C13H12N2OS/c1-2-10-7-14-13(17-10)8-3-4-11-9(5-8)6-12(16)15-11/h3-5,7H,2,6H2,1H3,(H,15,16). The van der Waals surface area contributed by atoms with E-state index in [1.54, 1.807) is 11.3 Å². The van der Waals surface area contributed by atoms with Gasteiger partial charge in [0, 0.05) is 22.3 Å². The van der Waals surface area contributed by atoms with Gasteiger partial charge in [-0.1, -0.05) is 6.92 Å². The molecule has 3 rings (SSSR count). The maximum atomic E-state index is 11.3. The van der Waals surface area contributed by atoms with Crippen molar-refractivity contribution in [3.63, 3.8) is 0 Å². The topological polar surface area (TPSA) is 42.0 Å². The number of carbonyl (C=O) groups excluding carboxylic acids is 1. The number of thiazole rings is 1. The van der Waals surface area contributed by atoms with E-state index in [-0.39, 0.29) is 5.91 Å². The Morgan fingerprint density at radius 3 is 3.12 bits per heavy atom. The van der Waals surface area contributed by atoms with Crippen LogP contribution in [0.5, 0.6) is 0 Å². The van der Waals surface area contributed by atoms with Gasteiger partial charge in [0.15, 0.2) is 0 Å². The first-order valence-corrected chi connectivity index (χ1v) is 6.46. The fraction of sp³-hybridized carbons (Fsp3) is 0.231. The van der Waals surface area contributed by atoms with Crippen molar-refractivity contribution in [2.75, 3.05) is 5.32 Å². The maximum Gasteiger partial charge on any atom is 0.228 e. The van der Waals surface area contributed by atoms with Crippen molar-refractivity contribution in [1.82, 2.24) is 4.98 Å². The van der Waals surface area contributed by atoms with E-state index in [1.807, 2.05) is 18.3 Å². The third-order valence-electron chi connectivity index (χ3n) is 2.88. The Morgan fingerprint density at radius 2 is 2.35 bits per heavy atom. The minimum absolute atomic E-state index is 0.0746. The van der Waals surface area contributed by atoms with E-state index in [4.69, 9.17) is 0 Å². The van der Waals surface area contributed by atoms with E-state index < -0.39 is 0 Å². The molecule has 1 aromatic heterocycles. The molecule has 1 N–H and O–H groups in total. The summed E-state index contributed by atoms with van der Waals surface area (Å²) in [6.07, 6.45) is 3.43. The van der Waals surface area contributed by atoms with Crippen molar-refractivity contribution in [1.29, 1.82) is 0 Å². The summed E-state index contributed by atoms with van der Waals surface area (Å²) in [7, 11) is 0. The van der Waals surface area contributed by atoms with Crippen LogP contribution in [0.2, 0.25) is 0 Å². The zero-order valence-electron chi connectivity index (χ0n) is 9.49. The molecule has 0 unspecified atom stereocenters. The first kappa shape index (κ1) is 10.5. The molecule has 1 aliphatic heterocycles. The summed E-state index contributed by atoms with van der Waals surface area (Å²) in [6, 6.07) is 6.04. The molecule has 1 aliphatic rings. The zero-order chi connectivity index (χ0) is 11.8. The van der Waals surface area contributed by atoms with E-state index in [0.717, 1.165) is 28.2 Å². The van der Waals surface area contributed by atoms with E-state index >= 15 is 0 Å². The monoisotopic (exact) mass is 244 g/mol. The number of benzene rings is 1. The Labute approximate surface area is 104 Å². The number of aryl methyl sites for hydroxylation is 1. The molecule has 2 heterocycles. The summed E-state index contributed by atoms with van der Waals surface area (Å²) in [5, 5.41) is 3.87. The fourth-order valence-electron chi connectivity index (χ4n) is 1.97. The van der Waals surface area contributed by atoms with Gasteiger partial charge in [-0.15, -0.1) is 11.3 Å². The summed E-state index contributed by atoms with van der Waals surface area (Å²) >= 11 is 1.72. The molecule has 1 aromatic carbocycles. The largest absolute Gasteiger partial charge is 0.326 e. The average Bonchev–Trinajstić information content (AvgIpc) is 2.92. The van der Waals surface area contributed by atoms with Crippen LogP contribution in [-0.4, -0.2) is 10.9 Å². The molecular weight excluding hydrogens is 232 g/mol. The molecule has 0 aliphatic carbocycles. The van der Waals surface area contributed by atoms with E-state index in [0.29, 0.717) is 6.42 Å². The molecule has 3 nitrogen and oxygen atoms in total. The highest BCUT2D eigenvalue weighted by atomic mass is 32.1. The van der Waals surface area contributed by atoms with Crippen molar-refractivity contribution in [2.45, 2.75) is 19.8 Å². The smallest absolute Gasteiger partial charge is 0.228 e. The summed E-state index contributed by atoms with van der Waals surface area (Å²) in [6.45, 7) is 2.13. The first-order chi connectivity index (χ1) is 8.26. The number of nitrogens with zero attached hydrogens (tertiary/aromatic N) is 1. The molecule has 0 radical (unpaired) electrons. The highest BCUT2D eigenvalue weighted by molar-refractivity contribution is 7.15. The molecule has 17 heavy (non-hydrogen) atoms. The van der Waals surface area contributed by atoms with Gasteiger partial charge in [0.05, 0.1) is 6.42 Å². The third kappa shape index (κ3) is 1.85. The lowest BCUT2D eigenvalue weighted by molar-refractivity contribution is -0.115. The van der Waals surface area contributed by atoms with Gasteiger partial charge < -0.3 is 5.32 Å². The molecule has 0 saturated heterocycles. The van der Waals surface area contributed by atoms with E-state index in [1.165, 1.54) is 4.88 Å².